The van der Waals surface area contributed by atoms with E-state index in [-0.39, 0.29) is 0 Å². The van der Waals surface area contributed by atoms with Gasteiger partial charge in [-0.15, -0.1) is 0 Å². The molecule has 1 aliphatic heterocycles. The molecule has 0 fully saturated rings. The summed E-state index contributed by atoms with van der Waals surface area (Å²) < 4.78 is 0. The third-order valence-corrected chi connectivity index (χ3v) is 1.48. The lowest BCUT2D eigenvalue weighted by molar-refractivity contribution is 0.336. The van der Waals surface area contributed by atoms with Crippen molar-refractivity contribution in [2.45, 2.75) is 0 Å². The van der Waals surface area contributed by atoms with Crippen molar-refractivity contribution in [3.8, 4) is 0 Å². The Morgan fingerprint density at radius 2 is 2.55 bits per heavy atom. The predicted molar refractivity (Wildman–Crippen MR) is 44.5 cm³/mol. The summed E-state index contributed by atoms with van der Waals surface area (Å²) in [6.07, 6.45) is 3.54. The fraction of sp³-hybridized carbons (Fsp3) is 0.500. The maximum Gasteiger partial charge on any atom is 0.119 e. The van der Waals surface area contributed by atoms with Gasteiger partial charge in [0.05, 0.1) is 0 Å². The number of nitrogens with zero attached hydrogens (tertiary/aromatic N) is 2. The summed E-state index contributed by atoms with van der Waals surface area (Å²) in [5, 5.41) is 0. The van der Waals surface area contributed by atoms with Gasteiger partial charge in [0.2, 0.25) is 0 Å². The molecule has 0 aliphatic carbocycles. The van der Waals surface area contributed by atoms with E-state index in [1.807, 2.05) is 11.0 Å². The molecule has 0 atom stereocenters. The molecule has 0 aromatic carbocycles. The molecule has 0 radical (unpaired) electrons. The van der Waals surface area contributed by atoms with Gasteiger partial charge in [-0.05, 0) is 6.08 Å². The van der Waals surface area contributed by atoms with Crippen LogP contribution in [-0.2, 0) is 0 Å². The second-order valence-electron chi connectivity index (χ2n) is 2.22. The van der Waals surface area contributed by atoms with Crippen LogP contribution in [0.5, 0.6) is 0 Å². The number of aliphatic imine (C=N–C) groups is 1. The summed E-state index contributed by atoms with van der Waals surface area (Å²) in [6, 6.07) is 0. The topological polar surface area (TPSA) is 79.7 Å². The molecule has 0 aromatic rings. The highest BCUT2D eigenvalue weighted by Crippen LogP contribution is 2.01. The van der Waals surface area contributed by atoms with Crippen molar-refractivity contribution >= 4 is 6.21 Å². The largest absolute Gasteiger partial charge is 0.337 e. The Kier molecular flexibility index (Phi) is 2.88. The molecule has 1 heterocycles. The second kappa shape index (κ2) is 3.95. The van der Waals surface area contributed by atoms with Gasteiger partial charge in [0, 0.05) is 19.3 Å². The molecular formula is C6H13N5. The first kappa shape index (κ1) is 8.03. The molecule has 0 aromatic heterocycles. The first-order valence-corrected chi connectivity index (χ1v) is 3.50. The third-order valence-electron chi connectivity index (χ3n) is 1.48. The molecule has 5 nitrogen and oxygen atoms in total. The highest BCUT2D eigenvalue weighted by atomic mass is 15.4. The van der Waals surface area contributed by atoms with E-state index in [1.54, 1.807) is 6.21 Å². The van der Waals surface area contributed by atoms with E-state index in [9.17, 15) is 0 Å². The SMILES string of the molecule is NCCN1CN=CC=C1NN. The molecular weight excluding hydrogens is 142 g/mol. The lowest BCUT2D eigenvalue weighted by Gasteiger charge is -2.25. The minimum Gasteiger partial charge on any atom is -0.337 e. The first-order chi connectivity index (χ1) is 5.38. The second-order valence-corrected chi connectivity index (χ2v) is 2.22. The van der Waals surface area contributed by atoms with E-state index in [4.69, 9.17) is 11.6 Å². The quantitative estimate of drug-likeness (QED) is 0.346. The smallest absolute Gasteiger partial charge is 0.119 e. The summed E-state index contributed by atoms with van der Waals surface area (Å²) in [6.45, 7) is 2.01. The zero-order valence-corrected chi connectivity index (χ0v) is 6.33. The molecule has 1 rings (SSSR count). The van der Waals surface area contributed by atoms with Gasteiger partial charge in [0.15, 0.2) is 0 Å². The Bertz CT molecular complexity index is 174. The van der Waals surface area contributed by atoms with Crippen LogP contribution in [0.25, 0.3) is 0 Å². The lowest BCUT2D eigenvalue weighted by Crippen LogP contribution is -2.39. The summed E-state index contributed by atoms with van der Waals surface area (Å²) in [5.74, 6) is 6.13. The molecule has 0 bridgehead atoms. The zero-order chi connectivity index (χ0) is 8.10. The number of hydrogen-bond donors (Lipinski definition) is 3. The molecule has 5 heteroatoms. The van der Waals surface area contributed by atoms with Gasteiger partial charge in [0.1, 0.15) is 12.5 Å². The average Bonchev–Trinajstić information content (AvgIpc) is 2.06. The molecule has 0 saturated heterocycles. The minimum atomic E-state index is 0.606. The predicted octanol–water partition coefficient (Wildman–Crippen LogP) is -1.41. The van der Waals surface area contributed by atoms with Crippen LogP contribution in [-0.4, -0.2) is 30.9 Å². The maximum atomic E-state index is 5.39. The highest BCUT2D eigenvalue weighted by Gasteiger charge is 2.07. The van der Waals surface area contributed by atoms with Crippen LogP contribution in [0.4, 0.5) is 0 Å². The number of nitrogens with one attached hydrogen (secondary N) is 1. The van der Waals surface area contributed by atoms with Crippen molar-refractivity contribution in [3.05, 3.63) is 11.9 Å². The number of nitrogens with two attached hydrogens (primary N) is 2. The third kappa shape index (κ3) is 1.92. The molecule has 0 spiro atoms. The van der Waals surface area contributed by atoms with Gasteiger partial charge in [0.25, 0.3) is 0 Å². The van der Waals surface area contributed by atoms with E-state index >= 15 is 0 Å². The Balaban J connectivity index is 2.52. The van der Waals surface area contributed by atoms with Crippen molar-refractivity contribution in [2.24, 2.45) is 16.6 Å². The fourth-order valence-electron chi connectivity index (χ4n) is 0.937. The molecule has 1 aliphatic rings. The molecule has 0 saturated carbocycles. The average molecular weight is 155 g/mol. The first-order valence-electron chi connectivity index (χ1n) is 3.50. The standard InChI is InChI=1S/C6H13N5/c7-2-4-11-5-9-3-1-6(11)10-8/h1,3,10H,2,4-5,7-8H2. The van der Waals surface area contributed by atoms with Crippen LogP contribution in [0.3, 0.4) is 0 Å². The van der Waals surface area contributed by atoms with Crippen LogP contribution in [0.15, 0.2) is 16.9 Å². The highest BCUT2D eigenvalue weighted by molar-refractivity contribution is 5.72. The van der Waals surface area contributed by atoms with Gasteiger partial charge in [-0.1, -0.05) is 0 Å². The lowest BCUT2D eigenvalue weighted by atomic mass is 10.4. The van der Waals surface area contributed by atoms with Gasteiger partial charge in [-0.2, -0.15) is 0 Å². The van der Waals surface area contributed by atoms with Crippen LogP contribution in [0.2, 0.25) is 0 Å². The van der Waals surface area contributed by atoms with Gasteiger partial charge in [-0.25, -0.2) is 5.84 Å². The number of hydrazine groups is 1. The molecule has 0 amide bonds. The maximum absolute atomic E-state index is 5.39. The Morgan fingerprint density at radius 1 is 1.73 bits per heavy atom. The van der Waals surface area contributed by atoms with E-state index < -0.39 is 0 Å². The Morgan fingerprint density at radius 3 is 3.18 bits per heavy atom. The Labute approximate surface area is 65.7 Å². The van der Waals surface area contributed by atoms with Crippen LogP contribution in [0, 0.1) is 0 Å². The van der Waals surface area contributed by atoms with Crippen LogP contribution in [0.1, 0.15) is 0 Å². The minimum absolute atomic E-state index is 0.606. The van der Waals surface area contributed by atoms with Gasteiger partial charge >= 0.3 is 0 Å². The van der Waals surface area contributed by atoms with E-state index in [2.05, 4.69) is 10.4 Å². The fourth-order valence-corrected chi connectivity index (χ4v) is 0.937. The van der Waals surface area contributed by atoms with E-state index in [1.165, 1.54) is 0 Å². The van der Waals surface area contributed by atoms with Crippen LogP contribution >= 0.6 is 0 Å². The molecule has 62 valence electrons. The van der Waals surface area contributed by atoms with Crippen molar-refractivity contribution in [3.63, 3.8) is 0 Å². The molecule has 0 unspecified atom stereocenters. The van der Waals surface area contributed by atoms with E-state index in [0.29, 0.717) is 13.2 Å². The number of hydrogen-bond acceptors (Lipinski definition) is 5. The van der Waals surface area contributed by atoms with Crippen molar-refractivity contribution < 1.29 is 0 Å². The number of rotatable bonds is 3. The summed E-state index contributed by atoms with van der Waals surface area (Å²) >= 11 is 0. The van der Waals surface area contributed by atoms with Crippen molar-refractivity contribution in [1.82, 2.24) is 10.3 Å². The molecule has 11 heavy (non-hydrogen) atoms. The Hall–Kier alpha value is -1.07. The van der Waals surface area contributed by atoms with Crippen molar-refractivity contribution in [1.29, 1.82) is 0 Å². The zero-order valence-electron chi connectivity index (χ0n) is 6.33. The summed E-state index contributed by atoms with van der Waals surface area (Å²) in [7, 11) is 0. The molecule has 5 N–H and O–H groups in total. The van der Waals surface area contributed by atoms with Crippen molar-refractivity contribution in [2.75, 3.05) is 19.8 Å². The van der Waals surface area contributed by atoms with Gasteiger partial charge < -0.3 is 16.1 Å². The van der Waals surface area contributed by atoms with E-state index in [0.717, 1.165) is 12.4 Å². The van der Waals surface area contributed by atoms with Crippen LogP contribution < -0.4 is 17.0 Å². The normalized spacial score (nSPS) is 16.5. The summed E-state index contributed by atoms with van der Waals surface area (Å²) in [4.78, 5) is 6.02. The monoisotopic (exact) mass is 155 g/mol. The van der Waals surface area contributed by atoms with Gasteiger partial charge in [-0.3, -0.25) is 4.99 Å². The summed E-state index contributed by atoms with van der Waals surface area (Å²) in [5.41, 5.74) is 7.97. The number of allylic oxidation sites excluding steroid dienone is 1.